The minimum Gasteiger partial charge on any atom is -0.388 e. The van der Waals surface area contributed by atoms with Crippen LogP contribution in [0, 0.1) is 6.92 Å². The third-order valence-corrected chi connectivity index (χ3v) is 6.77. The van der Waals surface area contributed by atoms with E-state index in [2.05, 4.69) is 10.2 Å². The van der Waals surface area contributed by atoms with E-state index in [0.29, 0.717) is 48.3 Å². The molecule has 3 aromatic heterocycles. The number of fused-ring (bicyclic) bond motifs is 1. The Morgan fingerprint density at radius 2 is 1.84 bits per heavy atom. The van der Waals surface area contributed by atoms with E-state index in [1.165, 1.54) is 20.1 Å². The summed E-state index contributed by atoms with van der Waals surface area (Å²) in [6.45, 7) is 2.43. The zero-order valence-corrected chi connectivity index (χ0v) is 20.0. The number of likely N-dealkylation sites (tertiary alicyclic amines) is 1. The molecule has 12 heteroatoms. The Labute approximate surface area is 209 Å². The van der Waals surface area contributed by atoms with Crippen LogP contribution in [0.2, 0.25) is 0 Å². The second-order valence-electron chi connectivity index (χ2n) is 9.44. The summed E-state index contributed by atoms with van der Waals surface area (Å²) in [4.78, 5) is 27.3. The zero-order chi connectivity index (χ0) is 26.4. The largest absolute Gasteiger partial charge is 0.435 e. The Bertz CT molecular complexity index is 1490. The predicted molar refractivity (Wildman–Crippen MR) is 127 cm³/mol. The van der Waals surface area contributed by atoms with Gasteiger partial charge in [0.05, 0.1) is 18.7 Å². The van der Waals surface area contributed by atoms with Crippen LogP contribution in [-0.4, -0.2) is 58.6 Å². The van der Waals surface area contributed by atoms with Crippen molar-refractivity contribution in [1.82, 2.24) is 28.9 Å². The van der Waals surface area contributed by atoms with E-state index in [4.69, 9.17) is 0 Å². The first-order valence-electron chi connectivity index (χ1n) is 11.8. The van der Waals surface area contributed by atoms with Crippen LogP contribution in [0.15, 0.2) is 59.8 Å². The average molecular weight is 515 g/mol. The molecule has 1 amide bonds. The number of nitrogens with zero attached hydrogens (tertiary/aromatic N) is 6. The summed E-state index contributed by atoms with van der Waals surface area (Å²) in [5.74, 6) is -0.198. The van der Waals surface area contributed by atoms with Gasteiger partial charge in [0.2, 0.25) is 0 Å². The maximum atomic E-state index is 13.0. The van der Waals surface area contributed by atoms with Gasteiger partial charge in [0.15, 0.2) is 5.69 Å². The van der Waals surface area contributed by atoms with Gasteiger partial charge in [0, 0.05) is 30.5 Å². The third kappa shape index (κ3) is 5.01. The third-order valence-electron chi connectivity index (χ3n) is 6.77. The fourth-order valence-electron chi connectivity index (χ4n) is 4.59. The van der Waals surface area contributed by atoms with Gasteiger partial charge in [-0.2, -0.15) is 23.4 Å². The van der Waals surface area contributed by atoms with Gasteiger partial charge in [-0.25, -0.2) is 4.52 Å². The van der Waals surface area contributed by atoms with Crippen LogP contribution < -0.4 is 5.56 Å². The highest BCUT2D eigenvalue weighted by Gasteiger charge is 2.36. The van der Waals surface area contributed by atoms with E-state index >= 15 is 0 Å². The van der Waals surface area contributed by atoms with E-state index in [9.17, 15) is 27.9 Å². The molecule has 0 spiro atoms. The number of carbonyl (C=O) groups excluding carboxylic acids is 1. The van der Waals surface area contributed by atoms with Crippen molar-refractivity contribution in [3.05, 3.63) is 87.9 Å². The van der Waals surface area contributed by atoms with Gasteiger partial charge in [-0.05, 0) is 55.7 Å². The molecule has 9 nitrogen and oxygen atoms in total. The maximum absolute atomic E-state index is 13.0. The molecule has 4 heterocycles. The Morgan fingerprint density at radius 1 is 1.14 bits per heavy atom. The molecule has 1 N–H and O–H groups in total. The fourth-order valence-corrected chi connectivity index (χ4v) is 4.59. The number of hydrogen-bond acceptors (Lipinski definition) is 5. The summed E-state index contributed by atoms with van der Waals surface area (Å²) in [5, 5.41) is 18.9. The van der Waals surface area contributed by atoms with Crippen LogP contribution in [0.3, 0.4) is 0 Å². The first-order valence-corrected chi connectivity index (χ1v) is 11.8. The van der Waals surface area contributed by atoms with E-state index in [1.807, 2.05) is 0 Å². The number of alkyl halides is 3. The molecule has 1 fully saturated rings. The first kappa shape index (κ1) is 24.8. The van der Waals surface area contributed by atoms with Crippen molar-refractivity contribution in [3.63, 3.8) is 0 Å². The van der Waals surface area contributed by atoms with E-state index in [0.717, 1.165) is 6.07 Å². The molecule has 0 bridgehead atoms. The van der Waals surface area contributed by atoms with Crippen LogP contribution in [0.1, 0.15) is 40.2 Å². The molecule has 0 saturated carbocycles. The quantitative estimate of drug-likeness (QED) is 0.442. The number of aryl methyl sites for hydroxylation is 1. The van der Waals surface area contributed by atoms with E-state index < -0.39 is 17.5 Å². The van der Waals surface area contributed by atoms with Crippen molar-refractivity contribution >= 4 is 11.4 Å². The summed E-state index contributed by atoms with van der Waals surface area (Å²) < 4.78 is 42.9. The zero-order valence-electron chi connectivity index (χ0n) is 20.0. The number of halogens is 3. The summed E-state index contributed by atoms with van der Waals surface area (Å²) in [5.41, 5.74) is -0.357. The number of aromatic nitrogens is 5. The summed E-state index contributed by atoms with van der Waals surface area (Å²) in [6, 6.07) is 11.1. The molecular formula is C25H25F3N6O3. The van der Waals surface area contributed by atoms with Gasteiger partial charge in [-0.1, -0.05) is 12.1 Å². The van der Waals surface area contributed by atoms with E-state index in [1.54, 1.807) is 54.4 Å². The predicted octanol–water partition coefficient (Wildman–Crippen LogP) is 2.74. The second-order valence-corrected chi connectivity index (χ2v) is 9.44. The lowest BCUT2D eigenvalue weighted by molar-refractivity contribution is -0.141. The van der Waals surface area contributed by atoms with Crippen LogP contribution in [-0.2, 0) is 19.3 Å². The van der Waals surface area contributed by atoms with Crippen LogP contribution >= 0.6 is 0 Å². The number of hydrogen-bond donors (Lipinski definition) is 1. The molecule has 5 rings (SSSR count). The monoisotopic (exact) mass is 514 g/mol. The molecule has 0 aliphatic carbocycles. The van der Waals surface area contributed by atoms with Gasteiger partial charge in [0.1, 0.15) is 11.8 Å². The molecule has 194 valence electrons. The van der Waals surface area contributed by atoms with Crippen molar-refractivity contribution in [3.8, 4) is 0 Å². The Hall–Kier alpha value is -3.93. The Kier molecular flexibility index (Phi) is 6.14. The highest BCUT2D eigenvalue weighted by atomic mass is 19.4. The number of benzene rings is 1. The van der Waals surface area contributed by atoms with Crippen molar-refractivity contribution in [1.29, 1.82) is 0 Å². The number of rotatable bonds is 5. The lowest BCUT2D eigenvalue weighted by Gasteiger charge is -2.38. The molecule has 1 aliphatic heterocycles. The fraction of sp³-hybridized carbons (Fsp3) is 0.360. The number of piperidine rings is 1. The normalized spacial score (nSPS) is 15.9. The van der Waals surface area contributed by atoms with Crippen LogP contribution in [0.25, 0.3) is 5.52 Å². The molecule has 0 atom stereocenters. The highest BCUT2D eigenvalue weighted by molar-refractivity contribution is 5.94. The number of carbonyl (C=O) groups is 1. The molecule has 1 aliphatic rings. The van der Waals surface area contributed by atoms with Gasteiger partial charge in [-0.15, -0.1) is 0 Å². The molecule has 37 heavy (non-hydrogen) atoms. The highest BCUT2D eigenvalue weighted by Crippen LogP contribution is 2.29. The average Bonchev–Trinajstić information content (AvgIpc) is 3.49. The van der Waals surface area contributed by atoms with Crippen molar-refractivity contribution < 1.29 is 23.1 Å². The van der Waals surface area contributed by atoms with Crippen LogP contribution in [0.4, 0.5) is 13.2 Å². The molecule has 1 aromatic carbocycles. The SMILES string of the molecule is Cc1cc(C(F)(F)F)nn1Cc1ccc(C(=O)N2CCC(O)(Cn3cnn4cccc4c3=O)CC2)cc1. The van der Waals surface area contributed by atoms with Crippen molar-refractivity contribution in [2.24, 2.45) is 0 Å². The Balaban J connectivity index is 1.21. The molecule has 0 radical (unpaired) electrons. The molecule has 0 unspecified atom stereocenters. The summed E-state index contributed by atoms with van der Waals surface area (Å²) in [7, 11) is 0. The minimum absolute atomic E-state index is 0.0835. The topological polar surface area (TPSA) is 97.7 Å². The van der Waals surface area contributed by atoms with Gasteiger partial charge >= 0.3 is 6.18 Å². The molecular weight excluding hydrogens is 489 g/mol. The first-order chi connectivity index (χ1) is 17.5. The van der Waals surface area contributed by atoms with Gasteiger partial charge < -0.3 is 10.0 Å². The Morgan fingerprint density at radius 3 is 2.49 bits per heavy atom. The minimum atomic E-state index is -4.50. The van der Waals surface area contributed by atoms with Gasteiger partial charge in [0.25, 0.3) is 11.5 Å². The standard InChI is InChI=1S/C25H25F3N6O3/c1-17-13-21(25(26,27)28)30-34(17)14-18-4-6-19(7-5-18)22(35)31-11-8-24(37,9-12-31)15-32-16-29-33-10-2-3-20(33)23(32)36/h2-7,10,13,16,37H,8-9,11-12,14-15H2,1H3. The number of amides is 1. The van der Waals surface area contributed by atoms with Crippen molar-refractivity contribution in [2.75, 3.05) is 13.1 Å². The lowest BCUT2D eigenvalue weighted by Crippen LogP contribution is -2.49. The second kappa shape index (κ2) is 9.18. The molecule has 4 aromatic rings. The van der Waals surface area contributed by atoms with Gasteiger partial charge in [-0.3, -0.25) is 18.8 Å². The molecule has 1 saturated heterocycles. The number of aliphatic hydroxyl groups is 1. The lowest BCUT2D eigenvalue weighted by atomic mass is 9.91. The van der Waals surface area contributed by atoms with Crippen LogP contribution in [0.5, 0.6) is 0 Å². The van der Waals surface area contributed by atoms with Crippen molar-refractivity contribution in [2.45, 2.75) is 44.6 Å². The van der Waals surface area contributed by atoms with E-state index in [-0.39, 0.29) is 24.6 Å². The maximum Gasteiger partial charge on any atom is 0.435 e. The summed E-state index contributed by atoms with van der Waals surface area (Å²) in [6.07, 6.45) is -0.823. The summed E-state index contributed by atoms with van der Waals surface area (Å²) >= 11 is 0. The smallest absolute Gasteiger partial charge is 0.388 e.